The third-order valence-electron chi connectivity index (χ3n) is 3.06. The maximum atomic E-state index is 3.44. The predicted molar refractivity (Wildman–Crippen MR) is 72.5 cm³/mol. The number of halogens is 2. The van der Waals surface area contributed by atoms with Crippen LogP contribution >= 0.6 is 7.92 Å². The number of rotatable bonds is 2. The van der Waals surface area contributed by atoms with Gasteiger partial charge in [-0.3, -0.25) is 6.08 Å². The Balaban J connectivity index is 0.00000108. The molecule has 0 saturated heterocycles. The van der Waals surface area contributed by atoms with Crippen molar-refractivity contribution in [3.8, 4) is 0 Å². The molecule has 19 heavy (non-hydrogen) atoms. The SMILES string of the molecule is CP(C1=[C-]CC=C1)[c-]1ccc2ccccc21.[Cl-].[Cl-].[Ti+4]. The van der Waals surface area contributed by atoms with Crippen LogP contribution in [0, 0.1) is 6.08 Å². The Morgan fingerprint density at radius 2 is 1.89 bits per heavy atom. The van der Waals surface area contributed by atoms with E-state index in [1.54, 1.807) is 0 Å². The predicted octanol–water partition coefficient (Wildman–Crippen LogP) is -2.05. The maximum Gasteiger partial charge on any atom is 4.00 e. The molecule has 2 aromatic carbocycles. The van der Waals surface area contributed by atoms with Crippen LogP contribution in [-0.2, 0) is 21.7 Å². The molecule has 1 aliphatic rings. The van der Waals surface area contributed by atoms with Gasteiger partial charge in [-0.15, -0.1) is 54.7 Å². The Bertz CT molecular complexity index is 587. The smallest absolute Gasteiger partial charge is 1.00 e. The molecule has 0 spiro atoms. The number of fused-ring (bicyclic) bond motifs is 1. The summed E-state index contributed by atoms with van der Waals surface area (Å²) in [5, 5.41) is 5.64. The van der Waals surface area contributed by atoms with Crippen LogP contribution in [0.3, 0.4) is 0 Å². The molecule has 0 N–H and O–H groups in total. The van der Waals surface area contributed by atoms with Crippen LogP contribution in [0.25, 0.3) is 10.8 Å². The normalized spacial score (nSPS) is 14.1. The minimum absolute atomic E-state index is 0. The van der Waals surface area contributed by atoms with E-state index < -0.39 is 0 Å². The third kappa shape index (κ3) is 3.78. The van der Waals surface area contributed by atoms with Crippen LogP contribution in [0.2, 0.25) is 0 Å². The van der Waals surface area contributed by atoms with Gasteiger partial charge < -0.3 is 24.8 Å². The van der Waals surface area contributed by atoms with Crippen LogP contribution in [0.1, 0.15) is 6.42 Å². The Labute approximate surface area is 143 Å². The van der Waals surface area contributed by atoms with Gasteiger partial charge in [0.2, 0.25) is 0 Å². The third-order valence-corrected chi connectivity index (χ3v) is 5.20. The van der Waals surface area contributed by atoms with E-state index in [9.17, 15) is 0 Å². The van der Waals surface area contributed by atoms with Crippen LogP contribution < -0.4 is 30.1 Å². The molecule has 0 heterocycles. The topological polar surface area (TPSA) is 0 Å². The standard InChI is InChI=1S/C15H13P.2ClH.Ti/c1-16(13-7-3-4-8-13)15-11-10-12-6-2-5-9-14(12)15;;;/h2-3,5-7,9-11H,4H2,1H3;2*1H;/q-2;;;+4/p-2. The summed E-state index contributed by atoms with van der Waals surface area (Å²) in [5.74, 6) is 0. The molecule has 0 amide bonds. The molecular weight excluding hydrogens is 330 g/mol. The summed E-state index contributed by atoms with van der Waals surface area (Å²) in [6, 6.07) is 13.1. The van der Waals surface area contributed by atoms with Gasteiger partial charge in [0.15, 0.2) is 0 Å². The summed E-state index contributed by atoms with van der Waals surface area (Å²) < 4.78 is 0. The van der Waals surface area contributed by atoms with Gasteiger partial charge in [0.05, 0.1) is 0 Å². The second-order valence-corrected chi connectivity index (χ2v) is 6.11. The summed E-state index contributed by atoms with van der Waals surface area (Å²) in [5.41, 5.74) is 0. The van der Waals surface area contributed by atoms with Gasteiger partial charge in [-0.2, -0.15) is 12.1 Å². The number of hydrogen-bond acceptors (Lipinski definition) is 0. The quantitative estimate of drug-likeness (QED) is 0.335. The van der Waals surface area contributed by atoms with Crippen molar-refractivity contribution in [3.63, 3.8) is 0 Å². The number of allylic oxidation sites excluding steroid dienone is 4. The van der Waals surface area contributed by atoms with Gasteiger partial charge in [-0.25, -0.2) is 11.4 Å². The summed E-state index contributed by atoms with van der Waals surface area (Å²) in [7, 11) is -0.221. The van der Waals surface area contributed by atoms with E-state index in [-0.39, 0.29) is 54.5 Å². The first-order chi connectivity index (χ1) is 7.86. The van der Waals surface area contributed by atoms with E-state index >= 15 is 0 Å². The van der Waals surface area contributed by atoms with Crippen molar-refractivity contribution >= 4 is 24.0 Å². The van der Waals surface area contributed by atoms with Crippen LogP contribution in [0.4, 0.5) is 0 Å². The van der Waals surface area contributed by atoms with Gasteiger partial charge in [-0.1, -0.05) is 6.07 Å². The maximum absolute atomic E-state index is 3.44. The van der Waals surface area contributed by atoms with Crippen molar-refractivity contribution < 1.29 is 46.5 Å². The molecule has 96 valence electrons. The van der Waals surface area contributed by atoms with E-state index in [0.29, 0.717) is 0 Å². The van der Waals surface area contributed by atoms with Gasteiger partial charge in [0.25, 0.3) is 0 Å². The molecule has 0 aliphatic heterocycles. The minimum atomic E-state index is -0.221. The Morgan fingerprint density at radius 3 is 2.58 bits per heavy atom. The van der Waals surface area contributed by atoms with Crippen molar-refractivity contribution in [2.75, 3.05) is 6.66 Å². The van der Waals surface area contributed by atoms with E-state index in [4.69, 9.17) is 0 Å². The molecule has 0 nitrogen and oxygen atoms in total. The van der Waals surface area contributed by atoms with Crippen molar-refractivity contribution in [2.45, 2.75) is 6.42 Å². The van der Waals surface area contributed by atoms with E-state index in [0.717, 1.165) is 6.42 Å². The zero-order chi connectivity index (χ0) is 11.0. The Morgan fingerprint density at radius 1 is 1.16 bits per heavy atom. The van der Waals surface area contributed by atoms with Crippen molar-refractivity contribution in [1.29, 1.82) is 0 Å². The van der Waals surface area contributed by atoms with Crippen molar-refractivity contribution in [3.05, 3.63) is 59.9 Å². The molecule has 0 saturated carbocycles. The Hall–Kier alpha value is 0.0343. The minimum Gasteiger partial charge on any atom is -1.00 e. The zero-order valence-electron chi connectivity index (χ0n) is 10.5. The Kier molecular flexibility index (Phi) is 8.36. The molecule has 0 bridgehead atoms. The summed E-state index contributed by atoms with van der Waals surface area (Å²) in [4.78, 5) is 0. The van der Waals surface area contributed by atoms with Gasteiger partial charge in [0.1, 0.15) is 0 Å². The first kappa shape index (κ1) is 19.0. The average Bonchev–Trinajstić information content (AvgIpc) is 2.98. The van der Waals surface area contributed by atoms with Gasteiger partial charge in [-0.05, 0) is 6.66 Å². The fraction of sp³-hybridized carbons (Fsp3) is 0.133. The largest absolute Gasteiger partial charge is 4.00 e. The summed E-state index contributed by atoms with van der Waals surface area (Å²) in [6.07, 6.45) is 8.85. The summed E-state index contributed by atoms with van der Waals surface area (Å²) in [6.45, 7) is 2.33. The van der Waals surface area contributed by atoms with Crippen LogP contribution in [0.5, 0.6) is 0 Å². The molecule has 1 unspecified atom stereocenters. The number of benzene rings is 1. The second kappa shape index (κ2) is 8.35. The molecule has 0 radical (unpaired) electrons. The fourth-order valence-electron chi connectivity index (χ4n) is 2.18. The molecule has 1 atom stereocenters. The first-order valence-electron chi connectivity index (χ1n) is 5.52. The summed E-state index contributed by atoms with van der Waals surface area (Å²) >= 11 is 0. The van der Waals surface area contributed by atoms with E-state index in [2.05, 4.69) is 61.3 Å². The monoisotopic (exact) mass is 342 g/mol. The van der Waals surface area contributed by atoms with Crippen molar-refractivity contribution in [1.82, 2.24) is 0 Å². The average molecular weight is 343 g/mol. The molecule has 1 aliphatic carbocycles. The zero-order valence-corrected chi connectivity index (χ0v) is 14.5. The molecule has 2 aromatic rings. The van der Waals surface area contributed by atoms with Crippen LogP contribution in [0.15, 0.2) is 53.9 Å². The number of hydrogen-bond donors (Lipinski definition) is 0. The van der Waals surface area contributed by atoms with E-state index in [1.807, 2.05) is 0 Å². The fourth-order valence-corrected chi connectivity index (χ4v) is 3.96. The van der Waals surface area contributed by atoms with E-state index in [1.165, 1.54) is 21.4 Å². The molecule has 0 aromatic heterocycles. The van der Waals surface area contributed by atoms with Crippen LogP contribution in [-0.4, -0.2) is 6.66 Å². The molecule has 0 fully saturated rings. The van der Waals surface area contributed by atoms with Crippen molar-refractivity contribution in [2.24, 2.45) is 0 Å². The second-order valence-electron chi connectivity index (χ2n) is 4.03. The first-order valence-corrected chi connectivity index (χ1v) is 7.31. The van der Waals surface area contributed by atoms with Gasteiger partial charge >= 0.3 is 21.7 Å². The molecular formula is C15H13Cl2PTi. The molecule has 3 rings (SSSR count). The van der Waals surface area contributed by atoms with Gasteiger partial charge in [0, 0.05) is 0 Å². The molecule has 4 heteroatoms.